The van der Waals surface area contributed by atoms with Crippen molar-refractivity contribution in [3.8, 4) is 0 Å². The molecule has 0 heterocycles. The van der Waals surface area contributed by atoms with Crippen molar-refractivity contribution in [3.63, 3.8) is 0 Å². The zero-order valence-electron chi connectivity index (χ0n) is 12.2. The number of hydrogen-bond donors (Lipinski definition) is 1. The van der Waals surface area contributed by atoms with Gasteiger partial charge in [-0.05, 0) is 38.0 Å². The number of esters is 1. The summed E-state index contributed by atoms with van der Waals surface area (Å²) in [5.41, 5.74) is -0.869. The van der Waals surface area contributed by atoms with Gasteiger partial charge in [0.25, 0.3) is 0 Å². The second kappa shape index (κ2) is 5.51. The Labute approximate surface area is 115 Å². The molecule has 0 radical (unpaired) electrons. The van der Waals surface area contributed by atoms with Gasteiger partial charge in [0.05, 0.1) is 7.11 Å². The molecule has 4 nitrogen and oxygen atoms in total. The van der Waals surface area contributed by atoms with Gasteiger partial charge in [0.15, 0.2) is 0 Å². The molecule has 1 N–H and O–H groups in total. The lowest BCUT2D eigenvalue weighted by molar-refractivity contribution is -0.150. The Bertz CT molecular complexity index is 356. The number of fused-ring (bicyclic) bond motifs is 1. The molecule has 108 valence electrons. The van der Waals surface area contributed by atoms with Crippen LogP contribution in [0.25, 0.3) is 0 Å². The Kier molecular flexibility index (Phi) is 4.16. The third-order valence-corrected chi connectivity index (χ3v) is 4.74. The predicted octanol–water partition coefficient (Wildman–Crippen LogP) is 2.27. The Morgan fingerprint density at radius 1 is 1.26 bits per heavy atom. The van der Waals surface area contributed by atoms with Gasteiger partial charge in [-0.15, -0.1) is 0 Å². The fourth-order valence-electron chi connectivity index (χ4n) is 3.68. The van der Waals surface area contributed by atoms with Crippen molar-refractivity contribution in [1.82, 2.24) is 5.32 Å². The minimum atomic E-state index is -0.869. The molecule has 2 aliphatic carbocycles. The Hall–Kier alpha value is -1.06. The maximum Gasteiger partial charge on any atom is 0.331 e. The smallest absolute Gasteiger partial charge is 0.331 e. The normalized spacial score (nSPS) is 31.8. The maximum atomic E-state index is 12.4. The highest BCUT2D eigenvalue weighted by Gasteiger charge is 2.55. The molecule has 4 heteroatoms. The van der Waals surface area contributed by atoms with E-state index in [0.717, 1.165) is 6.42 Å². The van der Waals surface area contributed by atoms with E-state index in [1.165, 1.54) is 32.8 Å². The molecule has 19 heavy (non-hydrogen) atoms. The number of carbonyl (C=O) groups is 2. The SMILES string of the molecule is CCCC(C)(NC(=O)C1C2CCCCC21)C(=O)OC. The van der Waals surface area contributed by atoms with Crippen molar-refractivity contribution in [2.24, 2.45) is 17.8 Å². The summed E-state index contributed by atoms with van der Waals surface area (Å²) in [6.45, 7) is 3.77. The quantitative estimate of drug-likeness (QED) is 0.777. The van der Waals surface area contributed by atoms with E-state index >= 15 is 0 Å². The summed E-state index contributed by atoms with van der Waals surface area (Å²) in [5.74, 6) is 0.988. The van der Waals surface area contributed by atoms with Crippen LogP contribution in [-0.4, -0.2) is 24.5 Å². The molecule has 1 amide bonds. The van der Waals surface area contributed by atoms with E-state index < -0.39 is 5.54 Å². The molecule has 0 aliphatic heterocycles. The Morgan fingerprint density at radius 2 is 1.84 bits per heavy atom. The summed E-state index contributed by atoms with van der Waals surface area (Å²) < 4.78 is 4.83. The van der Waals surface area contributed by atoms with Gasteiger partial charge in [0, 0.05) is 5.92 Å². The van der Waals surface area contributed by atoms with Crippen LogP contribution in [0.4, 0.5) is 0 Å². The lowest BCUT2D eigenvalue weighted by Crippen LogP contribution is -2.53. The summed E-state index contributed by atoms with van der Waals surface area (Å²) in [6.07, 6.45) is 6.29. The molecule has 0 bridgehead atoms. The molecule has 0 aromatic heterocycles. The molecular weight excluding hydrogens is 242 g/mol. The number of hydrogen-bond acceptors (Lipinski definition) is 3. The molecule has 2 saturated carbocycles. The van der Waals surface area contributed by atoms with E-state index in [0.29, 0.717) is 18.3 Å². The molecule has 2 fully saturated rings. The van der Waals surface area contributed by atoms with Gasteiger partial charge < -0.3 is 10.1 Å². The topological polar surface area (TPSA) is 55.4 Å². The maximum absolute atomic E-state index is 12.4. The number of amides is 1. The molecule has 0 aromatic carbocycles. The van der Waals surface area contributed by atoms with E-state index in [4.69, 9.17) is 4.74 Å². The highest BCUT2D eigenvalue weighted by atomic mass is 16.5. The summed E-state index contributed by atoms with van der Waals surface area (Å²) in [6, 6.07) is 0. The van der Waals surface area contributed by atoms with Gasteiger partial charge in [-0.25, -0.2) is 4.79 Å². The number of ether oxygens (including phenoxy) is 1. The third kappa shape index (κ3) is 2.77. The number of methoxy groups -OCH3 is 1. The largest absolute Gasteiger partial charge is 0.467 e. The average molecular weight is 267 g/mol. The minimum absolute atomic E-state index is 0.0539. The van der Waals surface area contributed by atoms with Crippen LogP contribution in [0.2, 0.25) is 0 Å². The molecule has 3 unspecified atom stereocenters. The van der Waals surface area contributed by atoms with E-state index in [1.807, 2.05) is 6.92 Å². The highest BCUT2D eigenvalue weighted by Crippen LogP contribution is 2.55. The molecule has 2 rings (SSSR count). The fourth-order valence-corrected chi connectivity index (χ4v) is 3.68. The average Bonchev–Trinajstić information content (AvgIpc) is 3.12. The van der Waals surface area contributed by atoms with Crippen LogP contribution in [0.3, 0.4) is 0 Å². The van der Waals surface area contributed by atoms with Crippen LogP contribution in [-0.2, 0) is 14.3 Å². The number of nitrogens with one attached hydrogen (secondary N) is 1. The fraction of sp³-hybridized carbons (Fsp3) is 0.867. The number of carbonyl (C=O) groups excluding carboxylic acids is 2. The molecule has 0 aromatic rings. The van der Waals surface area contributed by atoms with Crippen molar-refractivity contribution in [3.05, 3.63) is 0 Å². The van der Waals surface area contributed by atoms with Crippen molar-refractivity contribution >= 4 is 11.9 Å². The van der Waals surface area contributed by atoms with E-state index in [1.54, 1.807) is 6.92 Å². The van der Waals surface area contributed by atoms with E-state index in [9.17, 15) is 9.59 Å². The molecule has 0 spiro atoms. The Balaban J connectivity index is 1.98. The summed E-state index contributed by atoms with van der Waals surface area (Å²) in [5, 5.41) is 2.95. The molecule has 0 saturated heterocycles. The molecular formula is C15H25NO3. The highest BCUT2D eigenvalue weighted by molar-refractivity contribution is 5.90. The molecule has 2 aliphatic rings. The van der Waals surface area contributed by atoms with Crippen LogP contribution < -0.4 is 5.32 Å². The van der Waals surface area contributed by atoms with Crippen LogP contribution in [0.5, 0.6) is 0 Å². The first-order valence-electron chi connectivity index (χ1n) is 7.44. The van der Waals surface area contributed by atoms with Gasteiger partial charge in [-0.1, -0.05) is 26.2 Å². The van der Waals surface area contributed by atoms with Crippen LogP contribution >= 0.6 is 0 Å². The summed E-state index contributed by atoms with van der Waals surface area (Å²) in [4.78, 5) is 24.2. The van der Waals surface area contributed by atoms with Gasteiger partial charge in [-0.2, -0.15) is 0 Å². The standard InChI is InChI=1S/C15H25NO3/c1-4-9-15(2,14(18)19-3)16-13(17)12-10-7-5-6-8-11(10)12/h10-12H,4-9H2,1-3H3,(H,16,17). The lowest BCUT2D eigenvalue weighted by atomic mass is 9.95. The first-order valence-corrected chi connectivity index (χ1v) is 7.44. The van der Waals surface area contributed by atoms with Crippen molar-refractivity contribution in [1.29, 1.82) is 0 Å². The van der Waals surface area contributed by atoms with Crippen LogP contribution in [0, 0.1) is 17.8 Å². The predicted molar refractivity (Wildman–Crippen MR) is 72.4 cm³/mol. The second-order valence-electron chi connectivity index (χ2n) is 6.20. The lowest BCUT2D eigenvalue weighted by Gasteiger charge is -2.27. The van der Waals surface area contributed by atoms with Crippen LogP contribution in [0.1, 0.15) is 52.4 Å². The van der Waals surface area contributed by atoms with Crippen LogP contribution in [0.15, 0.2) is 0 Å². The Morgan fingerprint density at radius 3 is 2.32 bits per heavy atom. The van der Waals surface area contributed by atoms with Gasteiger partial charge >= 0.3 is 5.97 Å². The van der Waals surface area contributed by atoms with Gasteiger partial charge in [0.2, 0.25) is 5.91 Å². The summed E-state index contributed by atoms with van der Waals surface area (Å²) in [7, 11) is 1.37. The minimum Gasteiger partial charge on any atom is -0.467 e. The van der Waals surface area contributed by atoms with Crippen molar-refractivity contribution in [2.45, 2.75) is 57.9 Å². The van der Waals surface area contributed by atoms with Crippen molar-refractivity contribution < 1.29 is 14.3 Å². The van der Waals surface area contributed by atoms with Gasteiger partial charge in [-0.3, -0.25) is 4.79 Å². The monoisotopic (exact) mass is 267 g/mol. The molecule has 3 atom stereocenters. The first-order chi connectivity index (χ1) is 9.03. The zero-order valence-corrected chi connectivity index (χ0v) is 12.2. The van der Waals surface area contributed by atoms with Crippen molar-refractivity contribution in [2.75, 3.05) is 7.11 Å². The van der Waals surface area contributed by atoms with Gasteiger partial charge in [0.1, 0.15) is 5.54 Å². The second-order valence-corrected chi connectivity index (χ2v) is 6.20. The van der Waals surface area contributed by atoms with E-state index in [-0.39, 0.29) is 17.8 Å². The number of rotatable bonds is 5. The summed E-state index contributed by atoms with van der Waals surface area (Å²) >= 11 is 0. The zero-order chi connectivity index (χ0) is 14.0. The van der Waals surface area contributed by atoms with E-state index in [2.05, 4.69) is 5.32 Å². The third-order valence-electron chi connectivity index (χ3n) is 4.74. The first kappa shape index (κ1) is 14.4.